The van der Waals surface area contributed by atoms with Crippen LogP contribution in [-0.4, -0.2) is 31.1 Å². The van der Waals surface area contributed by atoms with E-state index in [1.54, 1.807) is 19.1 Å². The summed E-state index contributed by atoms with van der Waals surface area (Å²) >= 11 is 0. The zero-order valence-electron chi connectivity index (χ0n) is 15.9. The van der Waals surface area contributed by atoms with Gasteiger partial charge < -0.3 is 21.1 Å². The van der Waals surface area contributed by atoms with Gasteiger partial charge in [-0.25, -0.2) is 0 Å². The first-order chi connectivity index (χ1) is 12.5. The van der Waals surface area contributed by atoms with Crippen LogP contribution in [-0.2, 0) is 14.3 Å². The maximum absolute atomic E-state index is 12.7. The van der Waals surface area contributed by atoms with Gasteiger partial charge in [-0.05, 0) is 62.6 Å². The van der Waals surface area contributed by atoms with Gasteiger partial charge >= 0.3 is 0 Å². The lowest BCUT2D eigenvalue weighted by Crippen LogP contribution is -2.48. The molecule has 3 atom stereocenters. The third-order valence-corrected chi connectivity index (χ3v) is 5.90. The van der Waals surface area contributed by atoms with Gasteiger partial charge in [-0.1, -0.05) is 12.5 Å². The Morgan fingerprint density at radius 3 is 2.33 bits per heavy atom. The number of halogens is 1. The van der Waals surface area contributed by atoms with Crippen molar-refractivity contribution in [2.45, 2.75) is 51.2 Å². The van der Waals surface area contributed by atoms with Crippen LogP contribution in [0.15, 0.2) is 24.3 Å². The molecule has 3 rings (SSSR count). The standard InChI is InChI=1S/C20H29N3O3.ClH/c1-12(26-2)19(24)22-16-7-4-8-17(11-16)23-20(25)15-9-13-5-3-6-14(10-15)18(13)21;/h4,7-8,11-15,18H,3,5-6,9-10,21H2,1-2H3,(H,22,24)(H,23,25);1H. The SMILES string of the molecule is COC(C)C(=O)Nc1cccc(NC(=O)C2CC3CCCC(C2)C3N)c1.Cl. The number of hydrogen-bond acceptors (Lipinski definition) is 4. The minimum atomic E-state index is -0.529. The zero-order chi connectivity index (χ0) is 18.7. The summed E-state index contributed by atoms with van der Waals surface area (Å²) in [5, 5.41) is 5.80. The van der Waals surface area contributed by atoms with Gasteiger partial charge in [0.15, 0.2) is 0 Å². The van der Waals surface area contributed by atoms with E-state index in [4.69, 9.17) is 10.5 Å². The summed E-state index contributed by atoms with van der Waals surface area (Å²) in [4.78, 5) is 24.7. The van der Waals surface area contributed by atoms with Gasteiger partial charge in [-0.15, -0.1) is 12.4 Å². The molecule has 1 aromatic carbocycles. The Bertz CT molecular complexity index is 656. The maximum atomic E-state index is 12.7. The summed E-state index contributed by atoms with van der Waals surface area (Å²) < 4.78 is 5.01. The van der Waals surface area contributed by atoms with Crippen LogP contribution in [0.3, 0.4) is 0 Å². The summed E-state index contributed by atoms with van der Waals surface area (Å²) in [5.74, 6) is 0.809. The molecule has 0 spiro atoms. The summed E-state index contributed by atoms with van der Waals surface area (Å²) in [6.07, 6.45) is 4.75. The number of hydrogen-bond donors (Lipinski definition) is 3. The van der Waals surface area contributed by atoms with Crippen LogP contribution >= 0.6 is 12.4 Å². The number of ether oxygens (including phenoxy) is 1. The van der Waals surface area contributed by atoms with Crippen LogP contribution in [0, 0.1) is 17.8 Å². The molecule has 150 valence electrons. The highest BCUT2D eigenvalue weighted by atomic mass is 35.5. The molecular weight excluding hydrogens is 366 g/mol. The molecule has 2 fully saturated rings. The van der Waals surface area contributed by atoms with Gasteiger partial charge in [-0.2, -0.15) is 0 Å². The van der Waals surface area contributed by atoms with Crippen LogP contribution in [0.5, 0.6) is 0 Å². The Hall–Kier alpha value is -1.63. The molecule has 0 radical (unpaired) electrons. The number of nitrogens with two attached hydrogens (primary N) is 1. The van der Waals surface area contributed by atoms with Crippen LogP contribution in [0.25, 0.3) is 0 Å². The first kappa shape index (κ1) is 21.7. The second-order valence-electron chi connectivity index (χ2n) is 7.63. The van der Waals surface area contributed by atoms with Crippen molar-refractivity contribution in [1.29, 1.82) is 0 Å². The first-order valence-electron chi connectivity index (χ1n) is 9.48. The van der Waals surface area contributed by atoms with Crippen molar-refractivity contribution in [2.24, 2.45) is 23.5 Å². The van der Waals surface area contributed by atoms with E-state index in [1.807, 2.05) is 12.1 Å². The molecule has 0 aromatic heterocycles. The Kier molecular flexibility index (Phi) is 7.65. The Morgan fingerprint density at radius 2 is 1.74 bits per heavy atom. The van der Waals surface area contributed by atoms with Crippen LogP contribution in [0.2, 0.25) is 0 Å². The highest BCUT2D eigenvalue weighted by Crippen LogP contribution is 2.42. The molecule has 0 heterocycles. The summed E-state index contributed by atoms with van der Waals surface area (Å²) in [6.45, 7) is 1.69. The number of carbonyl (C=O) groups is 2. The molecule has 0 aliphatic heterocycles. The molecule has 27 heavy (non-hydrogen) atoms. The highest BCUT2D eigenvalue weighted by molar-refractivity contribution is 5.96. The molecule has 3 unspecified atom stereocenters. The number of carbonyl (C=O) groups excluding carboxylic acids is 2. The number of fused-ring (bicyclic) bond motifs is 2. The van der Waals surface area contributed by atoms with Crippen molar-refractivity contribution in [3.63, 3.8) is 0 Å². The van der Waals surface area contributed by atoms with E-state index in [2.05, 4.69) is 10.6 Å². The summed E-state index contributed by atoms with van der Waals surface area (Å²) in [6, 6.07) is 7.47. The number of amides is 2. The fraction of sp³-hybridized carbons (Fsp3) is 0.600. The average molecular weight is 396 g/mol. The smallest absolute Gasteiger partial charge is 0.253 e. The fourth-order valence-corrected chi connectivity index (χ4v) is 4.27. The molecule has 2 bridgehead atoms. The molecule has 0 saturated heterocycles. The molecule has 2 aliphatic rings. The lowest BCUT2D eigenvalue weighted by Gasteiger charge is -2.43. The van der Waals surface area contributed by atoms with Crippen molar-refractivity contribution >= 4 is 35.6 Å². The molecule has 4 N–H and O–H groups in total. The maximum Gasteiger partial charge on any atom is 0.253 e. The predicted molar refractivity (Wildman–Crippen MR) is 109 cm³/mol. The number of anilines is 2. The zero-order valence-corrected chi connectivity index (χ0v) is 16.8. The number of rotatable bonds is 5. The van der Waals surface area contributed by atoms with Crippen LogP contribution in [0.4, 0.5) is 11.4 Å². The van der Waals surface area contributed by atoms with E-state index in [0.717, 1.165) is 25.7 Å². The minimum Gasteiger partial charge on any atom is -0.372 e. The molecular formula is C20H30ClN3O3. The monoisotopic (exact) mass is 395 g/mol. The van der Waals surface area contributed by atoms with E-state index in [1.165, 1.54) is 13.5 Å². The lowest BCUT2D eigenvalue weighted by atomic mass is 9.65. The van der Waals surface area contributed by atoms with Crippen LogP contribution < -0.4 is 16.4 Å². The molecule has 6 nitrogen and oxygen atoms in total. The van der Waals surface area contributed by atoms with Crippen molar-refractivity contribution in [1.82, 2.24) is 0 Å². The number of nitrogens with one attached hydrogen (secondary N) is 2. The predicted octanol–water partition coefficient (Wildman–Crippen LogP) is 3.17. The van der Waals surface area contributed by atoms with Crippen LogP contribution in [0.1, 0.15) is 39.0 Å². The second-order valence-corrected chi connectivity index (χ2v) is 7.63. The number of methoxy groups -OCH3 is 1. The first-order valence-corrected chi connectivity index (χ1v) is 9.48. The van der Waals surface area contributed by atoms with E-state index in [-0.39, 0.29) is 36.2 Å². The number of benzene rings is 1. The normalized spacial score (nSPS) is 27.8. The van der Waals surface area contributed by atoms with Crippen molar-refractivity contribution in [3.05, 3.63) is 24.3 Å². The minimum absolute atomic E-state index is 0. The quantitative estimate of drug-likeness (QED) is 0.713. The lowest BCUT2D eigenvalue weighted by molar-refractivity contribution is -0.124. The highest BCUT2D eigenvalue weighted by Gasteiger charge is 2.40. The van der Waals surface area contributed by atoms with Gasteiger partial charge in [0.05, 0.1) is 0 Å². The molecule has 7 heteroatoms. The molecule has 1 aromatic rings. The van der Waals surface area contributed by atoms with Crippen molar-refractivity contribution in [2.75, 3.05) is 17.7 Å². The van der Waals surface area contributed by atoms with E-state index < -0.39 is 6.10 Å². The largest absolute Gasteiger partial charge is 0.372 e. The van der Waals surface area contributed by atoms with Gasteiger partial charge in [0.25, 0.3) is 5.91 Å². The van der Waals surface area contributed by atoms with Gasteiger partial charge in [-0.3, -0.25) is 9.59 Å². The van der Waals surface area contributed by atoms with E-state index in [9.17, 15) is 9.59 Å². The second kappa shape index (κ2) is 9.53. The van der Waals surface area contributed by atoms with Gasteiger partial charge in [0, 0.05) is 30.4 Å². The summed E-state index contributed by atoms with van der Waals surface area (Å²) in [5.41, 5.74) is 7.65. The van der Waals surface area contributed by atoms with Gasteiger partial charge in [0.1, 0.15) is 6.10 Å². The van der Waals surface area contributed by atoms with E-state index >= 15 is 0 Å². The molecule has 2 saturated carbocycles. The Balaban J connectivity index is 0.00000261. The van der Waals surface area contributed by atoms with Crippen molar-refractivity contribution < 1.29 is 14.3 Å². The fourth-order valence-electron chi connectivity index (χ4n) is 4.27. The average Bonchev–Trinajstić information content (AvgIpc) is 2.61. The summed E-state index contributed by atoms with van der Waals surface area (Å²) in [7, 11) is 1.49. The molecule has 2 amide bonds. The Labute approximate surface area is 167 Å². The third-order valence-electron chi connectivity index (χ3n) is 5.90. The third kappa shape index (κ3) is 5.21. The van der Waals surface area contributed by atoms with E-state index in [0.29, 0.717) is 23.2 Å². The van der Waals surface area contributed by atoms with Gasteiger partial charge in [0.2, 0.25) is 5.91 Å². The molecule has 2 aliphatic carbocycles. The van der Waals surface area contributed by atoms with Crippen molar-refractivity contribution in [3.8, 4) is 0 Å². The Morgan fingerprint density at radius 1 is 1.15 bits per heavy atom. The topological polar surface area (TPSA) is 93.5 Å².